The second-order valence-electron chi connectivity index (χ2n) is 10.6. The molecule has 0 aliphatic rings. The van der Waals surface area contributed by atoms with Gasteiger partial charge in [-0.15, -0.1) is 0 Å². The quantitative estimate of drug-likeness (QED) is 0.332. The highest BCUT2D eigenvalue weighted by Crippen LogP contribution is 2.32. The lowest BCUT2D eigenvalue weighted by Crippen LogP contribution is -2.54. The highest BCUT2D eigenvalue weighted by atomic mass is 32.2. The van der Waals surface area contributed by atoms with Crippen molar-refractivity contribution in [2.24, 2.45) is 0 Å². The van der Waals surface area contributed by atoms with Crippen LogP contribution in [0.3, 0.4) is 0 Å². The number of rotatable bonds is 12. The average Bonchev–Trinajstić information content (AvgIpc) is 2.97. The number of sulfonamides is 1. The van der Waals surface area contributed by atoms with Crippen LogP contribution in [0.1, 0.15) is 33.3 Å². The molecule has 1 atom stereocenters. The van der Waals surface area contributed by atoms with Gasteiger partial charge >= 0.3 is 0 Å². The Balaban J connectivity index is 2.04. The number of hydrogen-bond acceptors (Lipinski definition) is 7. The molecule has 3 rings (SSSR count). The predicted octanol–water partition coefficient (Wildman–Crippen LogP) is 4.24. The van der Waals surface area contributed by atoms with E-state index in [1.54, 1.807) is 68.6 Å². The highest BCUT2D eigenvalue weighted by Gasteiger charge is 2.33. The lowest BCUT2D eigenvalue weighted by Gasteiger charge is -2.33. The Hall–Kier alpha value is -4.25. The summed E-state index contributed by atoms with van der Waals surface area (Å²) in [5.41, 5.74) is 0.498. The number of nitrogens with zero attached hydrogens (tertiary/aromatic N) is 2. The monoisotopic (exact) mass is 597 g/mol. The van der Waals surface area contributed by atoms with Gasteiger partial charge in [0.25, 0.3) is 10.0 Å². The molecule has 0 radical (unpaired) electrons. The van der Waals surface area contributed by atoms with Gasteiger partial charge in [-0.2, -0.15) is 0 Å². The van der Waals surface area contributed by atoms with E-state index in [0.717, 1.165) is 9.87 Å². The van der Waals surface area contributed by atoms with E-state index < -0.39 is 34.1 Å². The molecule has 42 heavy (non-hydrogen) atoms. The second-order valence-corrected chi connectivity index (χ2v) is 12.5. The van der Waals surface area contributed by atoms with Gasteiger partial charge < -0.3 is 24.4 Å². The van der Waals surface area contributed by atoms with Crippen LogP contribution in [-0.4, -0.2) is 64.6 Å². The topological polar surface area (TPSA) is 114 Å². The zero-order valence-electron chi connectivity index (χ0n) is 25.1. The highest BCUT2D eigenvalue weighted by molar-refractivity contribution is 7.92. The molecule has 11 heteroatoms. The number of carbonyl (C=O) groups is 2. The third-order valence-corrected chi connectivity index (χ3v) is 8.21. The summed E-state index contributed by atoms with van der Waals surface area (Å²) in [5, 5.41) is 2.91. The van der Waals surface area contributed by atoms with E-state index in [1.807, 2.05) is 20.8 Å². The molecule has 0 saturated carbocycles. The molecule has 0 heterocycles. The minimum atomic E-state index is -4.26. The van der Waals surface area contributed by atoms with Crippen molar-refractivity contribution in [1.29, 1.82) is 0 Å². The first-order chi connectivity index (χ1) is 19.8. The van der Waals surface area contributed by atoms with E-state index in [9.17, 15) is 18.0 Å². The number of ether oxygens (including phenoxy) is 3. The molecule has 0 aromatic heterocycles. The van der Waals surface area contributed by atoms with Crippen molar-refractivity contribution in [3.63, 3.8) is 0 Å². The van der Waals surface area contributed by atoms with Crippen molar-refractivity contribution < 1.29 is 32.2 Å². The van der Waals surface area contributed by atoms with Gasteiger partial charge in [0.1, 0.15) is 18.3 Å². The first-order valence-electron chi connectivity index (χ1n) is 13.3. The van der Waals surface area contributed by atoms with Gasteiger partial charge in [0.2, 0.25) is 11.8 Å². The van der Waals surface area contributed by atoms with E-state index in [2.05, 4.69) is 5.32 Å². The first-order valence-corrected chi connectivity index (χ1v) is 14.8. The van der Waals surface area contributed by atoms with Crippen molar-refractivity contribution in [3.05, 3.63) is 78.4 Å². The minimum Gasteiger partial charge on any atom is -0.497 e. The van der Waals surface area contributed by atoms with Crippen LogP contribution in [0.4, 0.5) is 5.69 Å². The van der Waals surface area contributed by atoms with Crippen LogP contribution in [0.5, 0.6) is 17.2 Å². The van der Waals surface area contributed by atoms with Gasteiger partial charge in [0.05, 0.1) is 31.9 Å². The maximum atomic E-state index is 14.0. The summed E-state index contributed by atoms with van der Waals surface area (Å²) in [4.78, 5) is 28.5. The minimum absolute atomic E-state index is 0.0700. The largest absolute Gasteiger partial charge is 0.497 e. The summed E-state index contributed by atoms with van der Waals surface area (Å²) in [5.74, 6) is 0.315. The summed E-state index contributed by atoms with van der Waals surface area (Å²) in [7, 11) is 0.157. The fourth-order valence-electron chi connectivity index (χ4n) is 4.21. The number of methoxy groups -OCH3 is 3. The van der Waals surface area contributed by atoms with Gasteiger partial charge in [0, 0.05) is 18.2 Å². The number of para-hydroxylation sites is 1. The lowest BCUT2D eigenvalue weighted by atomic mass is 10.1. The fourth-order valence-corrected chi connectivity index (χ4v) is 5.64. The Morgan fingerprint density at radius 3 is 2.02 bits per heavy atom. The second kappa shape index (κ2) is 13.6. The molecule has 0 aliphatic carbocycles. The van der Waals surface area contributed by atoms with E-state index >= 15 is 0 Å². The summed E-state index contributed by atoms with van der Waals surface area (Å²) >= 11 is 0. The number of anilines is 1. The SMILES string of the molecule is COc1ccc(CN(C(=O)CN(c2ccccc2)S(=O)(=O)c2ccc(OC)c(OC)c2)[C@@H](C)C(=O)NC(C)(C)C)cc1. The molecule has 2 amide bonds. The lowest BCUT2D eigenvalue weighted by molar-refractivity contribution is -0.140. The van der Waals surface area contributed by atoms with Gasteiger partial charge in [-0.3, -0.25) is 13.9 Å². The van der Waals surface area contributed by atoms with E-state index in [4.69, 9.17) is 14.2 Å². The predicted molar refractivity (Wildman–Crippen MR) is 161 cm³/mol. The maximum absolute atomic E-state index is 14.0. The maximum Gasteiger partial charge on any atom is 0.264 e. The van der Waals surface area contributed by atoms with Crippen molar-refractivity contribution in [3.8, 4) is 17.2 Å². The van der Waals surface area contributed by atoms with E-state index in [-0.39, 0.29) is 28.8 Å². The van der Waals surface area contributed by atoms with Crippen molar-refractivity contribution in [2.75, 3.05) is 32.2 Å². The Kier molecular flexibility index (Phi) is 10.5. The van der Waals surface area contributed by atoms with Gasteiger partial charge in [-0.25, -0.2) is 8.42 Å². The molecule has 3 aromatic carbocycles. The number of amides is 2. The van der Waals surface area contributed by atoms with Crippen LogP contribution < -0.4 is 23.8 Å². The van der Waals surface area contributed by atoms with Crippen LogP contribution in [0, 0.1) is 0 Å². The number of benzene rings is 3. The van der Waals surface area contributed by atoms with Gasteiger partial charge in [-0.05, 0) is 69.7 Å². The summed E-state index contributed by atoms with van der Waals surface area (Å²) in [6.07, 6.45) is 0. The number of carbonyl (C=O) groups excluding carboxylic acids is 2. The van der Waals surface area contributed by atoms with Gasteiger partial charge in [-0.1, -0.05) is 30.3 Å². The summed E-state index contributed by atoms with van der Waals surface area (Å²) in [6.45, 7) is 6.68. The first kappa shape index (κ1) is 32.3. The number of hydrogen-bond donors (Lipinski definition) is 1. The molecule has 10 nitrogen and oxygen atoms in total. The third-order valence-electron chi connectivity index (χ3n) is 6.44. The Morgan fingerprint density at radius 2 is 1.48 bits per heavy atom. The third kappa shape index (κ3) is 7.94. The molecule has 1 N–H and O–H groups in total. The van der Waals surface area contributed by atoms with Crippen LogP contribution in [-0.2, 0) is 26.2 Å². The molecule has 0 fully saturated rings. The molecular formula is C31H39N3O7S. The van der Waals surface area contributed by atoms with E-state index in [0.29, 0.717) is 11.5 Å². The van der Waals surface area contributed by atoms with Crippen LogP contribution in [0.15, 0.2) is 77.7 Å². The molecule has 0 aliphatic heterocycles. The van der Waals surface area contributed by atoms with Gasteiger partial charge in [0.15, 0.2) is 11.5 Å². The summed E-state index contributed by atoms with van der Waals surface area (Å²) < 4.78 is 44.9. The molecule has 0 unspecified atom stereocenters. The van der Waals surface area contributed by atoms with E-state index in [1.165, 1.54) is 37.3 Å². The van der Waals surface area contributed by atoms with Crippen LogP contribution in [0.25, 0.3) is 0 Å². The normalized spacial score (nSPS) is 12.2. The standard InChI is InChI=1S/C31H39N3O7S/c1-22(30(36)32-31(2,3)4)33(20-23-13-15-25(39-5)16-14-23)29(35)21-34(24-11-9-8-10-12-24)42(37,38)26-17-18-27(40-6)28(19-26)41-7/h8-19,22H,20-21H2,1-7H3,(H,32,36)/t22-/m0/s1. The molecule has 0 bridgehead atoms. The molecule has 0 spiro atoms. The molecular weight excluding hydrogens is 558 g/mol. The van der Waals surface area contributed by atoms with Crippen LogP contribution in [0.2, 0.25) is 0 Å². The fraction of sp³-hybridized carbons (Fsp3) is 0.355. The van der Waals surface area contributed by atoms with Crippen LogP contribution >= 0.6 is 0 Å². The molecule has 226 valence electrons. The zero-order chi connectivity index (χ0) is 31.1. The zero-order valence-corrected chi connectivity index (χ0v) is 25.9. The number of nitrogens with one attached hydrogen (secondary N) is 1. The molecule has 3 aromatic rings. The summed E-state index contributed by atoms with van der Waals surface area (Å²) in [6, 6.07) is 18.8. The van der Waals surface area contributed by atoms with Crippen molar-refractivity contribution >= 4 is 27.5 Å². The van der Waals surface area contributed by atoms with Crippen molar-refractivity contribution in [1.82, 2.24) is 10.2 Å². The Bertz CT molecular complexity index is 1470. The Labute approximate surface area is 248 Å². The molecule has 0 saturated heterocycles. The van der Waals surface area contributed by atoms with Crippen molar-refractivity contribution in [2.45, 2.75) is 50.7 Å². The Morgan fingerprint density at radius 1 is 0.857 bits per heavy atom. The smallest absolute Gasteiger partial charge is 0.264 e. The average molecular weight is 598 g/mol.